The Morgan fingerprint density at radius 3 is 2.34 bits per heavy atom. The van der Waals surface area contributed by atoms with E-state index in [1.807, 2.05) is 37.3 Å². The fourth-order valence-corrected chi connectivity index (χ4v) is 3.88. The zero-order chi connectivity index (χ0) is 27.1. The van der Waals surface area contributed by atoms with E-state index in [0.29, 0.717) is 23.4 Å². The van der Waals surface area contributed by atoms with Gasteiger partial charge in [0.25, 0.3) is 0 Å². The van der Waals surface area contributed by atoms with Gasteiger partial charge in [0, 0.05) is 11.6 Å². The number of hydrogen-bond donors (Lipinski definition) is 1. The van der Waals surface area contributed by atoms with E-state index >= 15 is 0 Å². The molecule has 5 rings (SSSR count). The lowest BCUT2D eigenvalue weighted by Gasteiger charge is -2.14. The minimum absolute atomic E-state index is 0.0129. The van der Waals surface area contributed by atoms with Crippen molar-refractivity contribution in [2.75, 3.05) is 5.32 Å². The molecular weight excluding hydrogens is 514 g/mol. The maximum absolute atomic E-state index is 13.5. The average Bonchev–Trinajstić information content (AvgIpc) is 3.49. The van der Waals surface area contributed by atoms with Crippen molar-refractivity contribution in [3.05, 3.63) is 89.4 Å². The lowest BCUT2D eigenvalue weighted by atomic mass is 10.0. The molecule has 0 saturated heterocycles. The second-order valence-electron chi connectivity index (χ2n) is 8.50. The zero-order valence-electron chi connectivity index (χ0n) is 19.5. The van der Waals surface area contributed by atoms with Crippen LogP contribution < -0.4 is 5.32 Å². The van der Waals surface area contributed by atoms with Crippen molar-refractivity contribution in [3.8, 4) is 22.6 Å². The fraction of sp³-hybridized carbons (Fsp3) is 0.200. The molecule has 1 aromatic heterocycles. The van der Waals surface area contributed by atoms with E-state index in [-0.39, 0.29) is 30.1 Å². The molecule has 0 saturated carbocycles. The van der Waals surface area contributed by atoms with Crippen LogP contribution in [0.3, 0.4) is 0 Å². The molecule has 7 nitrogen and oxygen atoms in total. The molecule has 1 unspecified atom stereocenters. The molecule has 1 N–H and O–H groups in total. The van der Waals surface area contributed by atoms with Gasteiger partial charge in [-0.1, -0.05) is 41.6 Å². The first kappa shape index (κ1) is 25.2. The van der Waals surface area contributed by atoms with Crippen molar-refractivity contribution in [1.29, 1.82) is 0 Å². The second-order valence-corrected chi connectivity index (χ2v) is 8.50. The van der Waals surface area contributed by atoms with Crippen LogP contribution in [0.2, 0.25) is 0 Å². The van der Waals surface area contributed by atoms with Gasteiger partial charge in [-0.15, -0.1) is 0 Å². The number of nitrogens with zero attached hydrogens (tertiary/aromatic N) is 5. The summed E-state index contributed by atoms with van der Waals surface area (Å²) in [5.74, 6) is 0.542. The zero-order valence-corrected chi connectivity index (χ0v) is 19.5. The van der Waals surface area contributed by atoms with E-state index in [4.69, 9.17) is 4.52 Å². The highest BCUT2D eigenvalue weighted by atomic mass is 19.4. The summed E-state index contributed by atoms with van der Waals surface area (Å²) in [4.78, 5) is 8.86. The van der Waals surface area contributed by atoms with Crippen molar-refractivity contribution in [1.82, 2.24) is 24.9 Å². The molecule has 2 aliphatic rings. The highest BCUT2D eigenvalue weighted by Gasteiger charge is 2.39. The monoisotopic (exact) mass is 532 g/mol. The van der Waals surface area contributed by atoms with Gasteiger partial charge in [0.2, 0.25) is 5.95 Å². The number of benzene rings is 2. The number of rotatable bonds is 6. The van der Waals surface area contributed by atoms with E-state index < -0.39 is 29.0 Å². The molecule has 0 radical (unpaired) electrons. The van der Waals surface area contributed by atoms with E-state index in [2.05, 4.69) is 25.5 Å². The van der Waals surface area contributed by atoms with Gasteiger partial charge in [0.15, 0.2) is 5.76 Å². The number of alkyl halides is 6. The number of aromatic nitrogens is 5. The van der Waals surface area contributed by atoms with E-state index in [1.54, 1.807) is 6.20 Å². The van der Waals surface area contributed by atoms with Crippen LogP contribution in [-0.4, -0.2) is 24.9 Å². The summed E-state index contributed by atoms with van der Waals surface area (Å²) in [6.07, 6.45) is -6.89. The van der Waals surface area contributed by atoms with Crippen LogP contribution in [-0.2, 0) is 18.9 Å². The Kier molecular flexibility index (Phi) is 6.29. The second kappa shape index (κ2) is 9.47. The summed E-state index contributed by atoms with van der Waals surface area (Å²) >= 11 is 0. The smallest absolute Gasteiger partial charge is 0.359 e. The van der Waals surface area contributed by atoms with Gasteiger partial charge < -0.3 is 9.84 Å². The lowest BCUT2D eigenvalue weighted by Crippen LogP contribution is -2.12. The molecule has 3 aromatic rings. The predicted molar refractivity (Wildman–Crippen MR) is 124 cm³/mol. The van der Waals surface area contributed by atoms with Gasteiger partial charge in [0.05, 0.1) is 29.6 Å². The normalized spacial score (nSPS) is 13.1. The number of fused-ring (bicyclic) bond motifs is 1. The lowest BCUT2D eigenvalue weighted by molar-refractivity contribution is -0.142. The molecule has 2 aliphatic heterocycles. The molecule has 0 aliphatic carbocycles. The SMILES string of the molecule is CC(Nc1nc2cnn(Cc3cc(-c4ccc(C(F)(F)F)cc4C(F)(F)F)no3)cc-2n1)c1ccccc1. The molecule has 2 aromatic carbocycles. The van der Waals surface area contributed by atoms with Gasteiger partial charge in [-0.2, -0.15) is 31.4 Å². The summed E-state index contributed by atoms with van der Waals surface area (Å²) in [6, 6.07) is 12.3. The Bertz CT molecular complexity index is 1530. The first-order chi connectivity index (χ1) is 18.0. The molecule has 13 heteroatoms. The van der Waals surface area contributed by atoms with Crippen molar-refractivity contribution >= 4 is 5.95 Å². The van der Waals surface area contributed by atoms with Gasteiger partial charge >= 0.3 is 12.4 Å². The Morgan fingerprint density at radius 2 is 1.63 bits per heavy atom. The molecule has 196 valence electrons. The van der Waals surface area contributed by atoms with Crippen LogP contribution in [0.15, 0.2) is 71.5 Å². The van der Waals surface area contributed by atoms with Crippen LogP contribution in [0, 0.1) is 0 Å². The van der Waals surface area contributed by atoms with Gasteiger partial charge in [-0.25, -0.2) is 9.97 Å². The molecule has 0 bridgehead atoms. The first-order valence-corrected chi connectivity index (χ1v) is 11.2. The number of nitrogens with one attached hydrogen (secondary N) is 1. The third-order valence-corrected chi connectivity index (χ3v) is 5.76. The molecule has 0 spiro atoms. The molecule has 0 fully saturated rings. The standard InChI is InChI=1S/C25H18F6N6O/c1-14(15-5-3-2-4-6-15)33-23-34-21-11-32-37(13-22(21)35-23)12-17-10-20(36-38-17)18-8-7-16(24(26,27)28)9-19(18)25(29,30)31/h2-11,13-14H,12H2,1H3,(H,33,35). The number of hydrogen-bond acceptors (Lipinski definition) is 6. The topological polar surface area (TPSA) is 81.7 Å². The van der Waals surface area contributed by atoms with Crippen LogP contribution in [0.5, 0.6) is 0 Å². The predicted octanol–water partition coefficient (Wildman–Crippen LogP) is 6.69. The summed E-state index contributed by atoms with van der Waals surface area (Å²) < 4.78 is 86.1. The van der Waals surface area contributed by atoms with Crippen molar-refractivity contribution in [3.63, 3.8) is 0 Å². The van der Waals surface area contributed by atoms with Crippen molar-refractivity contribution in [2.24, 2.45) is 0 Å². The van der Waals surface area contributed by atoms with Crippen molar-refractivity contribution in [2.45, 2.75) is 31.9 Å². The number of imidazole rings is 1. The highest BCUT2D eigenvalue weighted by molar-refractivity contribution is 5.65. The number of anilines is 1. The Balaban J connectivity index is 1.36. The van der Waals surface area contributed by atoms with Crippen LogP contribution in [0.25, 0.3) is 22.6 Å². The van der Waals surface area contributed by atoms with Gasteiger partial charge in [-0.05, 0) is 24.6 Å². The Morgan fingerprint density at radius 1 is 0.895 bits per heavy atom. The highest BCUT2D eigenvalue weighted by Crippen LogP contribution is 2.40. The molecule has 0 amide bonds. The Hall–Kier alpha value is -4.42. The molecule has 38 heavy (non-hydrogen) atoms. The van der Waals surface area contributed by atoms with Crippen LogP contribution in [0.4, 0.5) is 32.3 Å². The summed E-state index contributed by atoms with van der Waals surface area (Å²) in [5, 5.41) is 11.1. The summed E-state index contributed by atoms with van der Waals surface area (Å²) in [5.41, 5.74) is -1.55. The first-order valence-electron chi connectivity index (χ1n) is 11.2. The maximum Gasteiger partial charge on any atom is 0.417 e. The quantitative estimate of drug-likeness (QED) is 0.246. The summed E-state index contributed by atoms with van der Waals surface area (Å²) in [7, 11) is 0. The van der Waals surface area contributed by atoms with E-state index in [1.165, 1.54) is 16.9 Å². The van der Waals surface area contributed by atoms with E-state index in [9.17, 15) is 26.3 Å². The minimum atomic E-state index is -5.03. The van der Waals surface area contributed by atoms with Crippen molar-refractivity contribution < 1.29 is 30.9 Å². The van der Waals surface area contributed by atoms with Crippen LogP contribution in [0.1, 0.15) is 35.4 Å². The number of halogens is 6. The molecule has 1 atom stereocenters. The van der Waals surface area contributed by atoms with E-state index in [0.717, 1.165) is 11.6 Å². The third-order valence-electron chi connectivity index (χ3n) is 5.76. The fourth-order valence-electron chi connectivity index (χ4n) is 3.88. The average molecular weight is 532 g/mol. The van der Waals surface area contributed by atoms with Gasteiger partial charge in [0.1, 0.15) is 23.6 Å². The third kappa shape index (κ3) is 5.31. The summed E-state index contributed by atoms with van der Waals surface area (Å²) in [6.45, 7) is 1.96. The Labute approximate surface area is 211 Å². The maximum atomic E-state index is 13.5. The van der Waals surface area contributed by atoms with Gasteiger partial charge in [-0.3, -0.25) is 4.68 Å². The van der Waals surface area contributed by atoms with Crippen LogP contribution >= 0.6 is 0 Å². The largest absolute Gasteiger partial charge is 0.417 e. The molecular formula is C25H18F6N6O. The molecule has 3 heterocycles. The minimum Gasteiger partial charge on any atom is -0.359 e.